The molecule has 5 amide bonds. The van der Waals surface area contributed by atoms with E-state index in [9.17, 15) is 19.2 Å². The number of quaternary nitrogens is 1. The molecule has 2 fully saturated rings. The maximum atomic E-state index is 12.6. The van der Waals surface area contributed by atoms with Crippen molar-refractivity contribution in [2.75, 3.05) is 45.8 Å². The third-order valence-corrected chi connectivity index (χ3v) is 4.95. The highest BCUT2D eigenvalue weighted by molar-refractivity contribution is 6.27. The monoisotopic (exact) mass is 378 g/mol. The first-order chi connectivity index (χ1) is 12.9. The van der Waals surface area contributed by atoms with Crippen LogP contribution in [0.3, 0.4) is 0 Å². The number of urea groups is 1. The molecule has 148 valence electrons. The van der Waals surface area contributed by atoms with E-state index in [1.165, 1.54) is 11.0 Å². The van der Waals surface area contributed by atoms with E-state index >= 15 is 0 Å². The largest absolute Gasteiger partial charge is 0.332 e. The third-order valence-electron chi connectivity index (χ3n) is 4.95. The zero-order valence-corrected chi connectivity index (χ0v) is 16.0. The third kappa shape index (κ3) is 5.00. The second-order valence-electron chi connectivity index (χ2n) is 6.70. The fraction of sp³-hybridized carbons (Fsp3) is 0.611. The summed E-state index contributed by atoms with van der Waals surface area (Å²) >= 11 is 0. The van der Waals surface area contributed by atoms with Crippen LogP contribution in [-0.4, -0.2) is 85.1 Å². The number of aliphatic imine (C=N–C) groups is 1. The molecule has 0 radical (unpaired) electrons. The Kier molecular flexibility index (Phi) is 7.23. The van der Waals surface area contributed by atoms with Crippen molar-refractivity contribution in [2.24, 2.45) is 10.9 Å². The van der Waals surface area contributed by atoms with Gasteiger partial charge in [-0.1, -0.05) is 13.0 Å². The Bertz CT molecular complexity index is 652. The zero-order valence-electron chi connectivity index (χ0n) is 16.0. The van der Waals surface area contributed by atoms with Gasteiger partial charge in [0.2, 0.25) is 17.7 Å². The zero-order chi connectivity index (χ0) is 20.0. The Morgan fingerprint density at radius 2 is 2.00 bits per heavy atom. The second-order valence-corrected chi connectivity index (χ2v) is 6.70. The molecule has 0 aromatic rings. The molecule has 2 saturated heterocycles. The molecule has 0 spiro atoms. The summed E-state index contributed by atoms with van der Waals surface area (Å²) in [5.74, 6) is -2.13. The highest BCUT2D eigenvalue weighted by Gasteiger charge is 2.42. The van der Waals surface area contributed by atoms with Gasteiger partial charge in [0.05, 0.1) is 39.3 Å². The fourth-order valence-corrected chi connectivity index (χ4v) is 3.36. The van der Waals surface area contributed by atoms with Gasteiger partial charge in [-0.15, -0.1) is 6.58 Å². The molecule has 1 unspecified atom stereocenters. The van der Waals surface area contributed by atoms with Gasteiger partial charge < -0.3 is 9.80 Å². The van der Waals surface area contributed by atoms with Crippen LogP contribution in [-0.2, 0) is 14.4 Å². The van der Waals surface area contributed by atoms with E-state index in [1.807, 2.05) is 11.8 Å². The maximum absolute atomic E-state index is 12.6. The topological polar surface area (TPSA) is 104 Å². The van der Waals surface area contributed by atoms with Crippen LogP contribution in [0.25, 0.3) is 0 Å². The first kappa shape index (κ1) is 20.8. The van der Waals surface area contributed by atoms with Crippen molar-refractivity contribution in [1.29, 1.82) is 0 Å². The van der Waals surface area contributed by atoms with Crippen LogP contribution in [0.15, 0.2) is 17.6 Å². The van der Waals surface area contributed by atoms with E-state index in [1.54, 1.807) is 6.92 Å². The van der Waals surface area contributed by atoms with Crippen molar-refractivity contribution < 1.29 is 24.1 Å². The molecule has 2 rings (SSSR count). The lowest BCUT2D eigenvalue weighted by Gasteiger charge is -2.31. The van der Waals surface area contributed by atoms with Gasteiger partial charge in [0.1, 0.15) is 0 Å². The van der Waals surface area contributed by atoms with Gasteiger partial charge in [-0.2, -0.15) is 0 Å². The van der Waals surface area contributed by atoms with Crippen molar-refractivity contribution in [3.05, 3.63) is 12.7 Å². The summed E-state index contributed by atoms with van der Waals surface area (Å²) < 4.78 is 0. The molecular weight excluding hydrogens is 350 g/mol. The van der Waals surface area contributed by atoms with Crippen LogP contribution in [0.5, 0.6) is 0 Å². The van der Waals surface area contributed by atoms with Gasteiger partial charge in [-0.3, -0.25) is 29.6 Å². The first-order valence-corrected chi connectivity index (χ1v) is 9.28. The number of nitrogens with one attached hydrogen (secondary N) is 2. The highest BCUT2D eigenvalue weighted by Crippen LogP contribution is 2.14. The summed E-state index contributed by atoms with van der Waals surface area (Å²) in [6.45, 7) is 11.5. The van der Waals surface area contributed by atoms with Crippen LogP contribution >= 0.6 is 0 Å². The van der Waals surface area contributed by atoms with Gasteiger partial charge in [-0.25, -0.2) is 4.79 Å². The number of carbonyl (C=O) groups is 4. The Balaban J connectivity index is 1.97. The summed E-state index contributed by atoms with van der Waals surface area (Å²) in [5, 5.41) is 2.22. The van der Waals surface area contributed by atoms with E-state index in [-0.39, 0.29) is 12.5 Å². The van der Waals surface area contributed by atoms with E-state index in [4.69, 9.17) is 0 Å². The summed E-state index contributed by atoms with van der Waals surface area (Å²) in [6, 6.07) is -0.718. The minimum absolute atomic E-state index is 0.0516. The van der Waals surface area contributed by atoms with Crippen molar-refractivity contribution in [3.63, 3.8) is 0 Å². The quantitative estimate of drug-likeness (QED) is 0.318. The minimum Gasteiger partial charge on any atom is -0.332 e. The Labute approximate surface area is 159 Å². The van der Waals surface area contributed by atoms with Gasteiger partial charge in [-0.05, 0) is 6.42 Å². The molecule has 0 bridgehead atoms. The Morgan fingerprint density at radius 3 is 2.56 bits per heavy atom. The molecule has 0 saturated carbocycles. The van der Waals surface area contributed by atoms with Crippen LogP contribution in [0.2, 0.25) is 0 Å². The van der Waals surface area contributed by atoms with Crippen LogP contribution < -0.4 is 10.2 Å². The normalized spacial score (nSPS) is 22.1. The predicted octanol–water partition coefficient (Wildman–Crippen LogP) is -1.53. The maximum Gasteiger partial charge on any atom is 0.331 e. The highest BCUT2D eigenvalue weighted by atomic mass is 16.2. The molecule has 2 N–H and O–H groups in total. The molecule has 2 heterocycles. The Morgan fingerprint density at radius 1 is 1.33 bits per heavy atom. The van der Waals surface area contributed by atoms with Crippen molar-refractivity contribution in [1.82, 2.24) is 15.1 Å². The summed E-state index contributed by atoms with van der Waals surface area (Å²) in [5.41, 5.74) is 0.487. The number of rotatable bonds is 7. The summed E-state index contributed by atoms with van der Waals surface area (Å²) in [6.07, 6.45) is 1.89. The standard InChI is InChI=1S/C18H27N5O4/c1-4-7-23-17(26)15(16(25)20-18(23)27)14(5-2)19-6-8-21-9-11-22(12-10-21)13(3)24/h4,15H,1,5-12H2,2-3H3,(H,20,25,27)/p+1. The van der Waals surface area contributed by atoms with Crippen LogP contribution in [0.1, 0.15) is 20.3 Å². The molecule has 0 aromatic heterocycles. The van der Waals surface area contributed by atoms with Crippen LogP contribution in [0, 0.1) is 5.92 Å². The number of hydrogen-bond acceptors (Lipinski definition) is 5. The van der Waals surface area contributed by atoms with Gasteiger partial charge in [0, 0.05) is 19.2 Å². The van der Waals surface area contributed by atoms with Crippen LogP contribution in [0.4, 0.5) is 4.79 Å². The summed E-state index contributed by atoms with van der Waals surface area (Å²) in [7, 11) is 0. The lowest BCUT2D eigenvalue weighted by atomic mass is 9.96. The lowest BCUT2D eigenvalue weighted by Crippen LogP contribution is -3.15. The number of carbonyl (C=O) groups excluding carboxylic acids is 4. The SMILES string of the molecule is C=CCN1C(=O)NC(=O)C(C(CC)=NCC[NH+]2CCN(C(C)=O)CC2)C1=O. The predicted molar refractivity (Wildman–Crippen MR) is 99.3 cm³/mol. The fourth-order valence-electron chi connectivity index (χ4n) is 3.36. The molecule has 1 atom stereocenters. The number of barbiturate groups is 1. The summed E-state index contributed by atoms with van der Waals surface area (Å²) in [4.78, 5) is 56.6. The van der Waals surface area contributed by atoms with Gasteiger partial charge in [0.25, 0.3) is 0 Å². The number of nitrogens with zero attached hydrogens (tertiary/aromatic N) is 3. The van der Waals surface area contributed by atoms with E-state index in [0.717, 1.165) is 37.6 Å². The average molecular weight is 378 g/mol. The van der Waals surface area contributed by atoms with Gasteiger partial charge >= 0.3 is 6.03 Å². The van der Waals surface area contributed by atoms with E-state index in [2.05, 4.69) is 16.9 Å². The molecule has 27 heavy (non-hydrogen) atoms. The second kappa shape index (κ2) is 9.40. The average Bonchev–Trinajstić information content (AvgIpc) is 2.64. The molecular formula is C18H28N5O4+. The molecule has 0 aliphatic carbocycles. The van der Waals surface area contributed by atoms with Gasteiger partial charge in [0.15, 0.2) is 5.92 Å². The number of amides is 5. The molecule has 9 heteroatoms. The lowest BCUT2D eigenvalue weighted by molar-refractivity contribution is -0.902. The van der Waals surface area contributed by atoms with Crippen molar-refractivity contribution >= 4 is 29.5 Å². The Hall–Kier alpha value is -2.55. The smallest absolute Gasteiger partial charge is 0.331 e. The number of piperazine rings is 1. The molecule has 0 aromatic carbocycles. The first-order valence-electron chi connectivity index (χ1n) is 9.28. The molecule has 2 aliphatic heterocycles. The number of imide groups is 2. The molecule has 9 nitrogen and oxygen atoms in total. The number of hydrogen-bond donors (Lipinski definition) is 2. The van der Waals surface area contributed by atoms with Crippen molar-refractivity contribution in [2.45, 2.75) is 20.3 Å². The molecule has 2 aliphatic rings. The van der Waals surface area contributed by atoms with Crippen molar-refractivity contribution in [3.8, 4) is 0 Å². The van der Waals surface area contributed by atoms with E-state index in [0.29, 0.717) is 18.7 Å². The van der Waals surface area contributed by atoms with E-state index < -0.39 is 23.8 Å². The minimum atomic E-state index is -1.06.